The Labute approximate surface area is 120 Å². The number of nitrogens with one attached hydrogen (secondary N) is 1. The zero-order valence-corrected chi connectivity index (χ0v) is 12.4. The van der Waals surface area contributed by atoms with E-state index in [1.54, 1.807) is 25.1 Å². The van der Waals surface area contributed by atoms with Crippen LogP contribution in [0.5, 0.6) is 0 Å². The zero-order valence-electron chi connectivity index (χ0n) is 10.1. The molecule has 102 valence electrons. The fourth-order valence-electron chi connectivity index (χ4n) is 1.64. The van der Waals surface area contributed by atoms with Crippen LogP contribution in [0.3, 0.4) is 0 Å². The van der Waals surface area contributed by atoms with Gasteiger partial charge in [-0.25, -0.2) is 8.42 Å². The summed E-state index contributed by atoms with van der Waals surface area (Å²) in [6.45, 7) is 3.06. The summed E-state index contributed by atoms with van der Waals surface area (Å²) in [7, 11) is -3.85. The lowest BCUT2D eigenvalue weighted by Crippen LogP contribution is -2.15. The molecule has 0 aliphatic rings. The van der Waals surface area contributed by atoms with E-state index < -0.39 is 10.0 Å². The van der Waals surface area contributed by atoms with Crippen LogP contribution in [-0.4, -0.2) is 13.6 Å². The van der Waals surface area contributed by atoms with Gasteiger partial charge in [0.1, 0.15) is 5.69 Å². The second-order valence-electron chi connectivity index (χ2n) is 3.86. The van der Waals surface area contributed by atoms with Crippen molar-refractivity contribution in [1.82, 2.24) is 5.16 Å². The van der Waals surface area contributed by atoms with Gasteiger partial charge in [0.2, 0.25) is 0 Å². The van der Waals surface area contributed by atoms with Crippen molar-refractivity contribution < 1.29 is 12.9 Å². The van der Waals surface area contributed by atoms with Crippen LogP contribution in [0.25, 0.3) is 0 Å². The van der Waals surface area contributed by atoms with Gasteiger partial charge in [0.05, 0.1) is 15.7 Å². The summed E-state index contributed by atoms with van der Waals surface area (Å²) < 4.78 is 31.8. The van der Waals surface area contributed by atoms with Gasteiger partial charge < -0.3 is 4.52 Å². The van der Waals surface area contributed by atoms with E-state index in [9.17, 15) is 8.42 Å². The van der Waals surface area contributed by atoms with Gasteiger partial charge in [0.25, 0.3) is 10.0 Å². The van der Waals surface area contributed by atoms with Gasteiger partial charge in [0, 0.05) is 0 Å². The van der Waals surface area contributed by atoms with Crippen molar-refractivity contribution in [3.63, 3.8) is 0 Å². The third-order valence-electron chi connectivity index (χ3n) is 2.44. The molecule has 2 rings (SSSR count). The number of para-hydroxylation sites is 1. The minimum atomic E-state index is -3.85. The van der Waals surface area contributed by atoms with Crippen LogP contribution in [0.1, 0.15) is 11.5 Å². The summed E-state index contributed by atoms with van der Waals surface area (Å²) in [6.07, 6.45) is 0. The molecule has 8 heteroatoms. The largest absolute Gasteiger partial charge is 0.360 e. The monoisotopic (exact) mass is 320 g/mol. The number of benzene rings is 1. The smallest absolute Gasteiger partial charge is 0.267 e. The van der Waals surface area contributed by atoms with Crippen LogP contribution in [0.15, 0.2) is 27.6 Å². The molecule has 0 aliphatic carbocycles. The molecule has 1 heterocycles. The first-order chi connectivity index (χ1) is 8.83. The first-order valence-corrected chi connectivity index (χ1v) is 7.46. The Hall–Kier alpha value is -1.24. The predicted molar refractivity (Wildman–Crippen MR) is 73.2 cm³/mol. The van der Waals surface area contributed by atoms with E-state index in [1.807, 2.05) is 0 Å². The molecule has 0 unspecified atom stereocenters. The molecule has 0 saturated carbocycles. The maximum Gasteiger partial charge on any atom is 0.267 e. The van der Waals surface area contributed by atoms with E-state index >= 15 is 0 Å². The molecule has 0 bridgehead atoms. The number of hydrogen-bond donors (Lipinski definition) is 1. The maximum absolute atomic E-state index is 12.3. The van der Waals surface area contributed by atoms with E-state index in [0.29, 0.717) is 0 Å². The van der Waals surface area contributed by atoms with Crippen molar-refractivity contribution in [1.29, 1.82) is 0 Å². The molecule has 0 radical (unpaired) electrons. The third-order valence-corrected chi connectivity index (χ3v) is 4.66. The molecule has 0 fully saturated rings. The molecular weight excluding hydrogens is 311 g/mol. The average molecular weight is 321 g/mol. The first-order valence-electron chi connectivity index (χ1n) is 5.22. The van der Waals surface area contributed by atoms with E-state index in [1.165, 1.54) is 6.92 Å². The van der Waals surface area contributed by atoms with Gasteiger partial charge in [-0.2, -0.15) is 0 Å². The van der Waals surface area contributed by atoms with E-state index in [0.717, 1.165) is 0 Å². The number of aromatic nitrogens is 1. The van der Waals surface area contributed by atoms with Crippen LogP contribution >= 0.6 is 23.2 Å². The Morgan fingerprint density at radius 1 is 1.21 bits per heavy atom. The summed E-state index contributed by atoms with van der Waals surface area (Å²) in [6, 6.07) is 4.70. The molecule has 1 aromatic heterocycles. The molecule has 0 aliphatic heterocycles. The van der Waals surface area contributed by atoms with E-state index in [2.05, 4.69) is 9.88 Å². The van der Waals surface area contributed by atoms with Crippen LogP contribution < -0.4 is 4.72 Å². The van der Waals surface area contributed by atoms with Gasteiger partial charge in [-0.3, -0.25) is 4.72 Å². The van der Waals surface area contributed by atoms with E-state index in [4.69, 9.17) is 27.7 Å². The quantitative estimate of drug-likeness (QED) is 0.940. The lowest BCUT2D eigenvalue weighted by Gasteiger charge is -2.10. The highest BCUT2D eigenvalue weighted by Crippen LogP contribution is 2.32. The molecule has 19 heavy (non-hydrogen) atoms. The zero-order chi connectivity index (χ0) is 14.2. The molecule has 0 spiro atoms. The second-order valence-corrected chi connectivity index (χ2v) is 6.29. The summed E-state index contributed by atoms with van der Waals surface area (Å²) >= 11 is 11.9. The third kappa shape index (κ3) is 2.70. The highest BCUT2D eigenvalue weighted by Gasteiger charge is 2.25. The molecule has 5 nitrogen and oxygen atoms in total. The fourth-order valence-corrected chi connectivity index (χ4v) is 3.68. The molecule has 0 amide bonds. The van der Waals surface area contributed by atoms with Crippen LogP contribution in [0, 0.1) is 13.8 Å². The van der Waals surface area contributed by atoms with Gasteiger partial charge in [-0.1, -0.05) is 34.4 Å². The standard InChI is InChI=1S/C11H10Cl2N2O3S/c1-6-11(7(2)18-14-6)19(16,17)15-10-8(12)4-3-5-9(10)13/h3-5,15H,1-2H3. The Balaban J connectivity index is 2.49. The summed E-state index contributed by atoms with van der Waals surface area (Å²) in [5.74, 6) is 0.202. The Kier molecular flexibility index (Phi) is 3.75. The number of anilines is 1. The molecule has 0 atom stereocenters. The summed E-state index contributed by atoms with van der Waals surface area (Å²) in [5, 5.41) is 4.03. The Morgan fingerprint density at radius 2 is 1.79 bits per heavy atom. The minimum Gasteiger partial charge on any atom is -0.360 e. The predicted octanol–water partition coefficient (Wildman–Crippen LogP) is 3.40. The normalized spacial score (nSPS) is 11.6. The van der Waals surface area contributed by atoms with Gasteiger partial charge in [-0.05, 0) is 26.0 Å². The van der Waals surface area contributed by atoms with Gasteiger partial charge >= 0.3 is 0 Å². The lowest BCUT2D eigenvalue weighted by molar-refractivity contribution is 0.390. The summed E-state index contributed by atoms with van der Waals surface area (Å²) in [5.41, 5.74) is 0.402. The van der Waals surface area contributed by atoms with Gasteiger partial charge in [-0.15, -0.1) is 0 Å². The highest BCUT2D eigenvalue weighted by atomic mass is 35.5. The van der Waals surface area contributed by atoms with Crippen LogP contribution in [0.2, 0.25) is 10.0 Å². The lowest BCUT2D eigenvalue weighted by atomic mass is 10.3. The summed E-state index contributed by atoms with van der Waals surface area (Å²) in [4.78, 5) is -0.0107. The minimum absolute atomic E-state index is 0.0107. The Morgan fingerprint density at radius 3 is 2.26 bits per heavy atom. The van der Waals surface area contributed by atoms with Crippen LogP contribution in [-0.2, 0) is 10.0 Å². The number of rotatable bonds is 3. The van der Waals surface area contributed by atoms with Crippen molar-refractivity contribution in [2.24, 2.45) is 0 Å². The maximum atomic E-state index is 12.3. The van der Waals surface area contributed by atoms with Crippen molar-refractivity contribution in [2.45, 2.75) is 18.7 Å². The number of nitrogens with zero attached hydrogens (tertiary/aromatic N) is 1. The number of aryl methyl sites for hydroxylation is 2. The van der Waals surface area contributed by atoms with Crippen molar-refractivity contribution in [3.8, 4) is 0 Å². The Bertz CT molecular complexity index is 686. The SMILES string of the molecule is Cc1noc(C)c1S(=O)(=O)Nc1c(Cl)cccc1Cl. The van der Waals surface area contributed by atoms with E-state index in [-0.39, 0.29) is 32.1 Å². The number of sulfonamides is 1. The topological polar surface area (TPSA) is 72.2 Å². The fraction of sp³-hybridized carbons (Fsp3) is 0.182. The number of hydrogen-bond acceptors (Lipinski definition) is 4. The molecule has 0 saturated heterocycles. The average Bonchev–Trinajstić information content (AvgIpc) is 2.64. The molecule has 2 aromatic rings. The van der Waals surface area contributed by atoms with Crippen LogP contribution in [0.4, 0.5) is 5.69 Å². The highest BCUT2D eigenvalue weighted by molar-refractivity contribution is 7.92. The first kappa shape index (κ1) is 14.2. The van der Waals surface area contributed by atoms with Crippen molar-refractivity contribution in [3.05, 3.63) is 39.7 Å². The van der Waals surface area contributed by atoms with Gasteiger partial charge in [0.15, 0.2) is 10.7 Å². The number of halogens is 2. The molecule has 1 N–H and O–H groups in total. The van der Waals surface area contributed by atoms with Crippen molar-refractivity contribution in [2.75, 3.05) is 4.72 Å². The molecular formula is C11H10Cl2N2O3S. The van der Waals surface area contributed by atoms with Crippen molar-refractivity contribution >= 4 is 38.9 Å². The second kappa shape index (κ2) is 5.03. The molecule has 1 aromatic carbocycles.